The molecular formula is C19H25N5O2. The lowest BCUT2D eigenvalue weighted by Crippen LogP contribution is -2.37. The maximum absolute atomic E-state index is 12.8. The van der Waals surface area contributed by atoms with Gasteiger partial charge in [-0.2, -0.15) is 4.98 Å². The lowest BCUT2D eigenvalue weighted by atomic mass is 10.1. The number of imidazole rings is 1. The zero-order chi connectivity index (χ0) is 18.8. The second kappa shape index (κ2) is 7.19. The van der Waals surface area contributed by atoms with Crippen LogP contribution in [0.3, 0.4) is 0 Å². The number of rotatable bonds is 6. The summed E-state index contributed by atoms with van der Waals surface area (Å²) in [5.74, 6) is 0.619. The van der Waals surface area contributed by atoms with Crippen molar-refractivity contribution in [2.75, 3.05) is 11.9 Å². The largest absolute Gasteiger partial charge is 0.356 e. The Morgan fingerprint density at radius 1 is 1.15 bits per heavy atom. The van der Waals surface area contributed by atoms with Gasteiger partial charge in [0.1, 0.15) is 0 Å². The summed E-state index contributed by atoms with van der Waals surface area (Å²) >= 11 is 0. The molecular weight excluding hydrogens is 330 g/mol. The van der Waals surface area contributed by atoms with Crippen molar-refractivity contribution in [2.45, 2.75) is 33.2 Å². The lowest BCUT2D eigenvalue weighted by molar-refractivity contribution is 0.702. The predicted molar refractivity (Wildman–Crippen MR) is 104 cm³/mol. The first kappa shape index (κ1) is 18.0. The van der Waals surface area contributed by atoms with E-state index in [1.807, 2.05) is 29.7 Å². The fourth-order valence-electron chi connectivity index (χ4n) is 3.11. The van der Waals surface area contributed by atoms with Crippen molar-refractivity contribution in [2.24, 2.45) is 14.1 Å². The van der Waals surface area contributed by atoms with Crippen molar-refractivity contribution < 1.29 is 0 Å². The van der Waals surface area contributed by atoms with Crippen molar-refractivity contribution in [3.63, 3.8) is 0 Å². The Morgan fingerprint density at radius 3 is 2.62 bits per heavy atom. The Morgan fingerprint density at radius 2 is 1.92 bits per heavy atom. The zero-order valence-corrected chi connectivity index (χ0v) is 15.7. The van der Waals surface area contributed by atoms with E-state index in [2.05, 4.69) is 23.3 Å². The van der Waals surface area contributed by atoms with Crippen molar-refractivity contribution in [1.29, 1.82) is 0 Å². The monoisotopic (exact) mass is 355 g/mol. The molecule has 1 aromatic carbocycles. The minimum Gasteiger partial charge on any atom is -0.356 e. The van der Waals surface area contributed by atoms with Crippen LogP contribution in [0.25, 0.3) is 11.2 Å². The summed E-state index contributed by atoms with van der Waals surface area (Å²) < 4.78 is 4.43. The molecule has 0 bridgehead atoms. The summed E-state index contributed by atoms with van der Waals surface area (Å²) in [6, 6.07) is 8.16. The molecule has 0 aliphatic carbocycles. The Balaban J connectivity index is 2.21. The van der Waals surface area contributed by atoms with Gasteiger partial charge in [-0.15, -0.1) is 0 Å². The molecule has 0 amide bonds. The highest BCUT2D eigenvalue weighted by molar-refractivity contribution is 5.74. The topological polar surface area (TPSA) is 73.8 Å². The predicted octanol–water partition coefficient (Wildman–Crippen LogP) is 2.00. The first-order valence-corrected chi connectivity index (χ1v) is 8.89. The van der Waals surface area contributed by atoms with Crippen molar-refractivity contribution in [1.82, 2.24) is 18.7 Å². The Hall–Kier alpha value is -2.83. The van der Waals surface area contributed by atoms with Gasteiger partial charge in [0.15, 0.2) is 11.2 Å². The number of hydrogen-bond acceptors (Lipinski definition) is 4. The van der Waals surface area contributed by atoms with E-state index in [4.69, 9.17) is 0 Å². The van der Waals surface area contributed by atoms with Gasteiger partial charge in [0.25, 0.3) is 5.56 Å². The number of nitrogens with one attached hydrogen (secondary N) is 1. The minimum atomic E-state index is -0.372. The number of anilines is 1. The van der Waals surface area contributed by atoms with Crippen LogP contribution in [0.1, 0.15) is 30.9 Å². The number of aryl methyl sites for hydroxylation is 2. The van der Waals surface area contributed by atoms with Gasteiger partial charge in [0, 0.05) is 20.6 Å². The zero-order valence-electron chi connectivity index (χ0n) is 15.7. The highest BCUT2D eigenvalue weighted by Crippen LogP contribution is 2.18. The van der Waals surface area contributed by atoms with Crippen LogP contribution in [0.5, 0.6) is 0 Å². The second-order valence-corrected chi connectivity index (χ2v) is 6.67. The molecule has 0 atom stereocenters. The van der Waals surface area contributed by atoms with Crippen molar-refractivity contribution >= 4 is 17.1 Å². The summed E-state index contributed by atoms with van der Waals surface area (Å²) in [4.78, 5) is 29.6. The molecule has 7 nitrogen and oxygen atoms in total. The highest BCUT2D eigenvalue weighted by Gasteiger charge is 2.19. The van der Waals surface area contributed by atoms with Crippen LogP contribution in [0.15, 0.2) is 33.9 Å². The van der Waals surface area contributed by atoms with Crippen LogP contribution in [-0.2, 0) is 20.6 Å². The van der Waals surface area contributed by atoms with E-state index in [9.17, 15) is 9.59 Å². The summed E-state index contributed by atoms with van der Waals surface area (Å²) in [7, 11) is 3.14. The first-order chi connectivity index (χ1) is 12.4. The molecule has 0 aliphatic rings. The van der Waals surface area contributed by atoms with E-state index in [0.717, 1.165) is 35.1 Å². The number of nitrogens with zero attached hydrogens (tertiary/aromatic N) is 4. The number of aromatic nitrogens is 4. The molecule has 0 fully saturated rings. The molecule has 3 rings (SSSR count). The third-order valence-electron chi connectivity index (χ3n) is 4.58. The molecule has 26 heavy (non-hydrogen) atoms. The van der Waals surface area contributed by atoms with Gasteiger partial charge >= 0.3 is 5.69 Å². The molecule has 0 saturated heterocycles. The Kier molecular flexibility index (Phi) is 4.97. The van der Waals surface area contributed by atoms with Gasteiger partial charge in [-0.3, -0.25) is 18.5 Å². The molecule has 3 aromatic rings. The molecule has 7 heteroatoms. The molecule has 0 spiro atoms. The van der Waals surface area contributed by atoms with E-state index < -0.39 is 0 Å². The van der Waals surface area contributed by atoms with Gasteiger partial charge in [-0.05, 0) is 18.9 Å². The van der Waals surface area contributed by atoms with Crippen LogP contribution in [-0.4, -0.2) is 25.2 Å². The van der Waals surface area contributed by atoms with Crippen LogP contribution < -0.4 is 16.6 Å². The fourth-order valence-corrected chi connectivity index (χ4v) is 3.11. The summed E-state index contributed by atoms with van der Waals surface area (Å²) in [5.41, 5.74) is 2.39. The van der Waals surface area contributed by atoms with Gasteiger partial charge < -0.3 is 5.32 Å². The molecule has 0 saturated carbocycles. The van der Waals surface area contributed by atoms with Crippen LogP contribution in [0.2, 0.25) is 0 Å². The number of unbranched alkanes of at least 4 members (excludes halogenated alkanes) is 1. The quantitative estimate of drug-likeness (QED) is 0.687. The maximum atomic E-state index is 12.8. The minimum absolute atomic E-state index is 0.327. The highest BCUT2D eigenvalue weighted by atomic mass is 16.2. The molecule has 0 aliphatic heterocycles. The van der Waals surface area contributed by atoms with Crippen molar-refractivity contribution in [3.8, 4) is 0 Å². The number of hydrogen-bond donors (Lipinski definition) is 1. The third kappa shape index (κ3) is 3.16. The standard InChI is InChI=1S/C19H25N5O2/c1-5-6-10-20-18-21-16-15(17(25)23(4)19(26)22(16)3)24(18)12-14-9-7-8-13(2)11-14/h7-9,11H,5-6,10,12H2,1-4H3,(H,20,21). The van der Waals surface area contributed by atoms with E-state index >= 15 is 0 Å². The van der Waals surface area contributed by atoms with Crippen molar-refractivity contribution in [3.05, 3.63) is 56.2 Å². The van der Waals surface area contributed by atoms with Gasteiger partial charge in [0.2, 0.25) is 5.95 Å². The Bertz CT molecular complexity index is 1060. The molecule has 0 unspecified atom stereocenters. The van der Waals surface area contributed by atoms with Crippen LogP contribution in [0.4, 0.5) is 5.95 Å². The van der Waals surface area contributed by atoms with Gasteiger partial charge in [-0.25, -0.2) is 4.79 Å². The van der Waals surface area contributed by atoms with Crippen LogP contribution >= 0.6 is 0 Å². The SMILES string of the molecule is CCCCNc1nc2c(c(=O)n(C)c(=O)n2C)n1Cc1cccc(C)c1. The van der Waals surface area contributed by atoms with Gasteiger partial charge in [0.05, 0.1) is 6.54 Å². The maximum Gasteiger partial charge on any atom is 0.332 e. The van der Waals surface area contributed by atoms with E-state index in [0.29, 0.717) is 23.7 Å². The number of benzene rings is 1. The van der Waals surface area contributed by atoms with Crippen LogP contribution in [0, 0.1) is 6.92 Å². The van der Waals surface area contributed by atoms with E-state index in [1.54, 1.807) is 7.05 Å². The first-order valence-electron chi connectivity index (χ1n) is 8.89. The summed E-state index contributed by atoms with van der Waals surface area (Å²) in [6.45, 7) is 5.44. The normalized spacial score (nSPS) is 11.2. The average Bonchev–Trinajstić information content (AvgIpc) is 2.97. The van der Waals surface area contributed by atoms with E-state index in [-0.39, 0.29) is 11.2 Å². The van der Waals surface area contributed by atoms with Gasteiger partial charge in [-0.1, -0.05) is 43.2 Å². The third-order valence-corrected chi connectivity index (χ3v) is 4.58. The number of fused-ring (bicyclic) bond motifs is 1. The summed E-state index contributed by atoms with van der Waals surface area (Å²) in [6.07, 6.45) is 2.07. The molecule has 0 radical (unpaired) electrons. The summed E-state index contributed by atoms with van der Waals surface area (Å²) in [5, 5.41) is 3.32. The molecule has 138 valence electrons. The molecule has 2 aromatic heterocycles. The Labute approximate surface area is 151 Å². The average molecular weight is 355 g/mol. The smallest absolute Gasteiger partial charge is 0.332 e. The second-order valence-electron chi connectivity index (χ2n) is 6.67. The molecule has 2 heterocycles. The lowest BCUT2D eigenvalue weighted by Gasteiger charge is -2.11. The fraction of sp³-hybridized carbons (Fsp3) is 0.421. The molecule has 1 N–H and O–H groups in total. The van der Waals surface area contributed by atoms with E-state index in [1.165, 1.54) is 11.6 Å².